The average molecular weight is 299 g/mol. The predicted octanol–water partition coefficient (Wildman–Crippen LogP) is 2.56. The number of thiophene rings is 1. The van der Waals surface area contributed by atoms with Crippen molar-refractivity contribution < 1.29 is 5.11 Å². The fraction of sp³-hybridized carbons (Fsp3) is 0.0667. The molecule has 0 bridgehead atoms. The second-order valence-corrected chi connectivity index (χ2v) is 5.72. The molecule has 0 aliphatic carbocycles. The first-order valence-corrected chi connectivity index (χ1v) is 7.18. The second-order valence-electron chi connectivity index (χ2n) is 4.52. The molecule has 0 aliphatic rings. The number of benzene rings is 1. The molecule has 2 aromatic heterocycles. The maximum absolute atomic E-state index is 11.4. The summed E-state index contributed by atoms with van der Waals surface area (Å²) in [6, 6.07) is 11.0. The molecular weight excluding hydrogens is 286 g/mol. The summed E-state index contributed by atoms with van der Waals surface area (Å²) in [7, 11) is 0. The number of phenols is 1. The largest absolute Gasteiger partial charge is 0.508 e. The molecular formula is C15H13N3O2S. The number of aromatic amines is 1. The second kappa shape index (κ2) is 5.80. The molecule has 106 valence electrons. The van der Waals surface area contributed by atoms with E-state index in [1.807, 2.05) is 36.4 Å². The van der Waals surface area contributed by atoms with E-state index in [1.54, 1.807) is 23.5 Å². The van der Waals surface area contributed by atoms with Crippen LogP contribution in [0.1, 0.15) is 15.3 Å². The van der Waals surface area contributed by atoms with E-state index >= 15 is 0 Å². The molecule has 1 aromatic carbocycles. The lowest BCUT2D eigenvalue weighted by Gasteiger charge is -1.95. The molecule has 0 fully saturated rings. The van der Waals surface area contributed by atoms with Crippen LogP contribution in [0.3, 0.4) is 0 Å². The van der Waals surface area contributed by atoms with Crippen LogP contribution in [0.15, 0.2) is 47.5 Å². The van der Waals surface area contributed by atoms with Gasteiger partial charge in [-0.15, -0.1) is 11.3 Å². The van der Waals surface area contributed by atoms with Gasteiger partial charge in [-0.2, -0.15) is 5.10 Å². The molecule has 2 heterocycles. The third kappa shape index (κ3) is 3.29. The molecule has 3 aromatic rings. The lowest BCUT2D eigenvalue weighted by atomic mass is 10.2. The van der Waals surface area contributed by atoms with Crippen molar-refractivity contribution in [2.75, 3.05) is 0 Å². The summed E-state index contributed by atoms with van der Waals surface area (Å²) in [5, 5.41) is 15.3. The van der Waals surface area contributed by atoms with E-state index in [0.29, 0.717) is 6.54 Å². The summed E-state index contributed by atoms with van der Waals surface area (Å²) in [6.45, 7) is 0.521. The fourth-order valence-corrected chi connectivity index (χ4v) is 2.80. The molecule has 21 heavy (non-hydrogen) atoms. The van der Waals surface area contributed by atoms with Gasteiger partial charge in [0.25, 0.3) is 0 Å². The maximum atomic E-state index is 11.4. The van der Waals surface area contributed by atoms with Crippen LogP contribution in [0.25, 0.3) is 12.2 Å². The highest BCUT2D eigenvalue weighted by Crippen LogP contribution is 2.20. The topological polar surface area (TPSA) is 70.9 Å². The Morgan fingerprint density at radius 3 is 2.71 bits per heavy atom. The van der Waals surface area contributed by atoms with Gasteiger partial charge in [0.15, 0.2) is 0 Å². The zero-order valence-electron chi connectivity index (χ0n) is 11.1. The number of aromatic hydroxyl groups is 1. The Bertz CT molecular complexity index is 812. The van der Waals surface area contributed by atoms with Crippen molar-refractivity contribution >= 4 is 23.5 Å². The zero-order chi connectivity index (χ0) is 14.7. The van der Waals surface area contributed by atoms with Crippen LogP contribution in [-0.2, 0) is 6.54 Å². The van der Waals surface area contributed by atoms with Crippen LogP contribution in [0.5, 0.6) is 5.75 Å². The molecule has 0 atom stereocenters. The highest BCUT2D eigenvalue weighted by molar-refractivity contribution is 7.12. The number of phenolic OH excluding ortho intramolecular Hbond substituents is 1. The van der Waals surface area contributed by atoms with E-state index in [9.17, 15) is 9.90 Å². The lowest BCUT2D eigenvalue weighted by molar-refractivity contribution is 0.475. The van der Waals surface area contributed by atoms with E-state index in [1.165, 1.54) is 10.9 Å². The first kappa shape index (κ1) is 13.4. The van der Waals surface area contributed by atoms with Crippen molar-refractivity contribution in [3.05, 3.63) is 68.5 Å². The highest BCUT2D eigenvalue weighted by atomic mass is 32.1. The molecule has 5 nitrogen and oxygen atoms in total. The number of nitrogens with zero attached hydrogens (tertiary/aromatic N) is 2. The molecule has 6 heteroatoms. The molecule has 0 amide bonds. The van der Waals surface area contributed by atoms with Gasteiger partial charge in [-0.25, -0.2) is 9.89 Å². The van der Waals surface area contributed by atoms with Gasteiger partial charge in [0, 0.05) is 9.75 Å². The van der Waals surface area contributed by atoms with Crippen molar-refractivity contribution in [2.45, 2.75) is 6.54 Å². The minimum atomic E-state index is -0.204. The standard InChI is InChI=1S/C15H13N3O2S/c19-12-4-1-11(2-5-12)3-6-13-7-8-14(21-13)9-18-10-16-17-15(18)20/h1-8,10,19H,9H2,(H,17,20)/b6-3+. The van der Waals surface area contributed by atoms with Gasteiger partial charge in [0.05, 0.1) is 6.54 Å². The van der Waals surface area contributed by atoms with Crippen LogP contribution in [-0.4, -0.2) is 19.9 Å². The Labute approximate surface area is 124 Å². The van der Waals surface area contributed by atoms with Crippen molar-refractivity contribution in [1.29, 1.82) is 0 Å². The number of rotatable bonds is 4. The molecule has 0 unspecified atom stereocenters. The van der Waals surface area contributed by atoms with E-state index in [4.69, 9.17) is 0 Å². The number of nitrogens with one attached hydrogen (secondary N) is 1. The molecule has 2 N–H and O–H groups in total. The lowest BCUT2D eigenvalue weighted by Crippen LogP contribution is -2.16. The van der Waals surface area contributed by atoms with Crippen LogP contribution < -0.4 is 5.69 Å². The average Bonchev–Trinajstić information content (AvgIpc) is 3.09. The minimum Gasteiger partial charge on any atom is -0.508 e. The van der Waals surface area contributed by atoms with E-state index in [-0.39, 0.29) is 11.4 Å². The van der Waals surface area contributed by atoms with Gasteiger partial charge in [-0.1, -0.05) is 18.2 Å². The first-order chi connectivity index (χ1) is 10.2. The third-order valence-electron chi connectivity index (χ3n) is 2.96. The normalized spacial score (nSPS) is 11.2. The highest BCUT2D eigenvalue weighted by Gasteiger charge is 2.02. The Balaban J connectivity index is 1.71. The van der Waals surface area contributed by atoms with Crippen molar-refractivity contribution in [1.82, 2.24) is 14.8 Å². The molecule has 0 saturated carbocycles. The Kier molecular flexibility index (Phi) is 3.70. The van der Waals surface area contributed by atoms with E-state index < -0.39 is 0 Å². The summed E-state index contributed by atoms with van der Waals surface area (Å²) < 4.78 is 1.53. The van der Waals surface area contributed by atoms with Crippen LogP contribution in [0.2, 0.25) is 0 Å². The molecule has 3 rings (SSSR count). The van der Waals surface area contributed by atoms with Crippen LogP contribution in [0, 0.1) is 0 Å². The monoisotopic (exact) mass is 299 g/mol. The third-order valence-corrected chi connectivity index (χ3v) is 4.00. The maximum Gasteiger partial charge on any atom is 0.343 e. The molecule has 0 saturated heterocycles. The number of hydrogen-bond acceptors (Lipinski definition) is 4. The fourth-order valence-electron chi connectivity index (χ4n) is 1.88. The minimum absolute atomic E-state index is 0.204. The smallest absolute Gasteiger partial charge is 0.343 e. The van der Waals surface area contributed by atoms with Gasteiger partial charge in [-0.05, 0) is 35.9 Å². The Morgan fingerprint density at radius 2 is 2.00 bits per heavy atom. The molecule has 0 radical (unpaired) electrons. The van der Waals surface area contributed by atoms with Gasteiger partial charge in [0.2, 0.25) is 0 Å². The first-order valence-electron chi connectivity index (χ1n) is 6.36. The predicted molar refractivity (Wildman–Crippen MR) is 83.3 cm³/mol. The summed E-state index contributed by atoms with van der Waals surface area (Å²) in [5.41, 5.74) is 0.818. The molecule has 0 spiro atoms. The van der Waals surface area contributed by atoms with Crippen molar-refractivity contribution in [2.24, 2.45) is 0 Å². The van der Waals surface area contributed by atoms with Gasteiger partial charge >= 0.3 is 5.69 Å². The Hall–Kier alpha value is -2.60. The summed E-state index contributed by atoms with van der Waals surface area (Å²) >= 11 is 1.62. The SMILES string of the molecule is O=c1[nH]ncn1Cc1ccc(/C=C/c2ccc(O)cc2)s1. The van der Waals surface area contributed by atoms with Crippen molar-refractivity contribution in [3.8, 4) is 5.75 Å². The van der Waals surface area contributed by atoms with Crippen LogP contribution >= 0.6 is 11.3 Å². The quantitative estimate of drug-likeness (QED) is 0.778. The Morgan fingerprint density at radius 1 is 1.19 bits per heavy atom. The summed E-state index contributed by atoms with van der Waals surface area (Å²) in [4.78, 5) is 13.6. The van der Waals surface area contributed by atoms with E-state index in [2.05, 4.69) is 10.2 Å². The summed E-state index contributed by atoms with van der Waals surface area (Å²) in [6.07, 6.45) is 5.49. The number of hydrogen-bond donors (Lipinski definition) is 2. The van der Waals surface area contributed by atoms with Gasteiger partial charge in [0.1, 0.15) is 12.1 Å². The number of aromatic nitrogens is 3. The molecule has 0 aliphatic heterocycles. The zero-order valence-corrected chi connectivity index (χ0v) is 11.9. The summed E-state index contributed by atoms with van der Waals surface area (Å²) in [5.74, 6) is 0.260. The van der Waals surface area contributed by atoms with Gasteiger partial charge in [-0.3, -0.25) is 4.57 Å². The number of H-pyrrole nitrogens is 1. The van der Waals surface area contributed by atoms with E-state index in [0.717, 1.165) is 15.3 Å². The van der Waals surface area contributed by atoms with Crippen LogP contribution in [0.4, 0.5) is 0 Å². The van der Waals surface area contributed by atoms with Crippen molar-refractivity contribution in [3.63, 3.8) is 0 Å². The van der Waals surface area contributed by atoms with Gasteiger partial charge < -0.3 is 5.11 Å².